The predicted molar refractivity (Wildman–Crippen MR) is 252 cm³/mol. The largest absolute Gasteiger partial charge is 0.451 e. The zero-order chi connectivity index (χ0) is 43.3. The highest BCUT2D eigenvalue weighted by Crippen LogP contribution is 2.24. The summed E-state index contributed by atoms with van der Waals surface area (Å²) in [5, 5.41) is 21.9. The fraction of sp³-hybridized carbons (Fsp3) is 0.906. The molecule has 0 aliphatic heterocycles. The van der Waals surface area contributed by atoms with Crippen molar-refractivity contribution in [3.8, 4) is 0 Å². The first-order chi connectivity index (χ1) is 28.9. The van der Waals surface area contributed by atoms with Gasteiger partial charge in [0.05, 0.1) is 6.61 Å². The van der Waals surface area contributed by atoms with Crippen molar-refractivity contribution in [2.24, 2.45) is 0 Å². The SMILES string of the molecule is CCCCCCCC/C=C\CCCCCCCC(=O)C(O)(CO)C(OC(=O)CCCCCCCCCCCCCCC)C(=O)CCCCCCCCCCCCCCC. The van der Waals surface area contributed by atoms with Crippen molar-refractivity contribution in [1.82, 2.24) is 0 Å². The summed E-state index contributed by atoms with van der Waals surface area (Å²) in [6.45, 7) is 5.82. The van der Waals surface area contributed by atoms with Crippen LogP contribution in [0.3, 0.4) is 0 Å². The Kier molecular flexibility index (Phi) is 43.4. The Morgan fingerprint density at radius 3 is 1.05 bits per heavy atom. The number of aliphatic hydroxyl groups is 2. The number of carbonyl (C=O) groups excluding carboxylic acids is 3. The normalized spacial score (nSPS) is 13.2. The summed E-state index contributed by atoms with van der Waals surface area (Å²) in [4.78, 5) is 40.1. The van der Waals surface area contributed by atoms with E-state index in [1.807, 2.05) is 0 Å². The molecule has 59 heavy (non-hydrogen) atoms. The van der Waals surface area contributed by atoms with Gasteiger partial charge in [0.25, 0.3) is 0 Å². The van der Waals surface area contributed by atoms with Crippen LogP contribution < -0.4 is 0 Å². The van der Waals surface area contributed by atoms with E-state index in [0.717, 1.165) is 70.6 Å². The van der Waals surface area contributed by atoms with E-state index in [4.69, 9.17) is 4.74 Å². The monoisotopic (exact) mass is 833 g/mol. The summed E-state index contributed by atoms with van der Waals surface area (Å²) in [6.07, 6.45) is 49.1. The molecule has 2 atom stereocenters. The highest BCUT2D eigenvalue weighted by molar-refractivity contribution is 5.97. The first kappa shape index (κ1) is 57.5. The molecule has 0 saturated heterocycles. The van der Waals surface area contributed by atoms with E-state index in [-0.39, 0.29) is 19.3 Å². The Balaban J connectivity index is 4.77. The number of unbranched alkanes of at least 4 members (excludes halogenated alkanes) is 35. The minimum atomic E-state index is -2.40. The van der Waals surface area contributed by atoms with Gasteiger partial charge in [-0.25, -0.2) is 0 Å². The molecule has 6 nitrogen and oxygen atoms in total. The summed E-state index contributed by atoms with van der Waals surface area (Å²) >= 11 is 0. The molecular formula is C53H100O6. The van der Waals surface area contributed by atoms with Crippen LogP contribution in [0.5, 0.6) is 0 Å². The number of rotatable bonds is 48. The van der Waals surface area contributed by atoms with E-state index in [2.05, 4.69) is 32.9 Å². The molecule has 0 bridgehead atoms. The Morgan fingerprint density at radius 1 is 0.424 bits per heavy atom. The third kappa shape index (κ3) is 35.7. The molecule has 0 heterocycles. The van der Waals surface area contributed by atoms with Crippen LogP contribution in [0, 0.1) is 0 Å². The average molecular weight is 833 g/mol. The van der Waals surface area contributed by atoms with E-state index in [1.165, 1.54) is 161 Å². The predicted octanol–water partition coefficient (Wildman–Crippen LogP) is 15.8. The summed E-state index contributed by atoms with van der Waals surface area (Å²) in [5.41, 5.74) is -2.40. The Hall–Kier alpha value is -1.53. The molecule has 0 saturated carbocycles. The number of Topliss-reactive ketones (excluding diaryl/α,β-unsaturated/α-hetero) is 2. The van der Waals surface area contributed by atoms with Gasteiger partial charge in [-0.3, -0.25) is 14.4 Å². The average Bonchev–Trinajstić information content (AvgIpc) is 3.24. The number of esters is 1. The molecule has 0 aromatic heterocycles. The molecule has 0 aliphatic carbocycles. The summed E-state index contributed by atoms with van der Waals surface area (Å²) < 4.78 is 5.66. The molecule has 0 amide bonds. The third-order valence-electron chi connectivity index (χ3n) is 12.4. The second-order valence-corrected chi connectivity index (χ2v) is 18.2. The molecule has 0 spiro atoms. The molecule has 2 N–H and O–H groups in total. The van der Waals surface area contributed by atoms with Crippen LogP contribution in [-0.2, 0) is 19.1 Å². The van der Waals surface area contributed by atoms with Crippen molar-refractivity contribution in [2.45, 2.75) is 302 Å². The van der Waals surface area contributed by atoms with Gasteiger partial charge in [-0.05, 0) is 44.9 Å². The van der Waals surface area contributed by atoms with Crippen molar-refractivity contribution < 1.29 is 29.3 Å². The molecule has 2 unspecified atom stereocenters. The highest BCUT2D eigenvalue weighted by Gasteiger charge is 2.48. The number of ketones is 2. The summed E-state index contributed by atoms with van der Waals surface area (Å²) in [6, 6.07) is 0. The number of aliphatic hydroxyl groups excluding tert-OH is 1. The molecule has 0 radical (unpaired) electrons. The molecule has 0 aromatic carbocycles. The lowest BCUT2D eigenvalue weighted by atomic mass is 9.85. The fourth-order valence-electron chi connectivity index (χ4n) is 8.25. The minimum Gasteiger partial charge on any atom is -0.451 e. The second-order valence-electron chi connectivity index (χ2n) is 18.2. The lowest BCUT2D eigenvalue weighted by Gasteiger charge is -2.32. The zero-order valence-corrected chi connectivity index (χ0v) is 39.7. The van der Waals surface area contributed by atoms with Gasteiger partial charge in [0.2, 0.25) is 0 Å². The van der Waals surface area contributed by atoms with Gasteiger partial charge in [0.15, 0.2) is 23.3 Å². The lowest BCUT2D eigenvalue weighted by molar-refractivity contribution is -0.182. The molecular weight excluding hydrogens is 733 g/mol. The summed E-state index contributed by atoms with van der Waals surface area (Å²) in [7, 11) is 0. The standard InChI is InChI=1S/C53H100O6/c1-4-7-10-13-16-19-22-25-26-29-31-34-37-40-43-46-50(56)53(58,48-54)52(49(55)45-42-39-36-33-30-27-23-20-17-14-11-8-5-2)59-51(57)47-44-41-38-35-32-28-24-21-18-15-12-9-6-3/h25-26,52,54,58H,4-24,27-48H2,1-3H3/b26-25-. The van der Waals surface area contributed by atoms with Crippen LogP contribution in [0.2, 0.25) is 0 Å². The molecule has 0 rings (SSSR count). The van der Waals surface area contributed by atoms with Crippen LogP contribution in [0.25, 0.3) is 0 Å². The van der Waals surface area contributed by atoms with Crippen molar-refractivity contribution in [1.29, 1.82) is 0 Å². The fourth-order valence-corrected chi connectivity index (χ4v) is 8.25. The van der Waals surface area contributed by atoms with Gasteiger partial charge in [-0.1, -0.05) is 238 Å². The van der Waals surface area contributed by atoms with Gasteiger partial charge in [0.1, 0.15) is 0 Å². The Labute approximate surface area is 366 Å². The molecule has 0 aromatic rings. The zero-order valence-electron chi connectivity index (χ0n) is 39.7. The maximum Gasteiger partial charge on any atom is 0.306 e. The van der Waals surface area contributed by atoms with Gasteiger partial charge in [-0.2, -0.15) is 0 Å². The minimum absolute atomic E-state index is 0.0497. The van der Waals surface area contributed by atoms with Gasteiger partial charge in [0, 0.05) is 19.3 Å². The molecule has 0 fully saturated rings. The van der Waals surface area contributed by atoms with E-state index in [1.54, 1.807) is 0 Å². The third-order valence-corrected chi connectivity index (χ3v) is 12.4. The van der Waals surface area contributed by atoms with Crippen LogP contribution in [0.1, 0.15) is 290 Å². The van der Waals surface area contributed by atoms with E-state index in [0.29, 0.717) is 19.3 Å². The number of hydrogen-bond donors (Lipinski definition) is 2. The van der Waals surface area contributed by atoms with E-state index in [9.17, 15) is 24.6 Å². The van der Waals surface area contributed by atoms with Gasteiger partial charge < -0.3 is 14.9 Å². The molecule has 348 valence electrons. The Morgan fingerprint density at radius 2 is 0.712 bits per heavy atom. The number of carbonyl (C=O) groups is 3. The van der Waals surface area contributed by atoms with Gasteiger partial charge >= 0.3 is 5.97 Å². The first-order valence-corrected chi connectivity index (χ1v) is 26.1. The topological polar surface area (TPSA) is 101 Å². The lowest BCUT2D eigenvalue weighted by Crippen LogP contribution is -2.57. The summed E-state index contributed by atoms with van der Waals surface area (Å²) in [5.74, 6) is -1.63. The van der Waals surface area contributed by atoms with Crippen LogP contribution in [0.4, 0.5) is 0 Å². The molecule has 6 heteroatoms. The van der Waals surface area contributed by atoms with Crippen LogP contribution in [0.15, 0.2) is 12.2 Å². The van der Waals surface area contributed by atoms with Crippen LogP contribution >= 0.6 is 0 Å². The van der Waals surface area contributed by atoms with Crippen LogP contribution in [-0.4, -0.2) is 46.1 Å². The number of allylic oxidation sites excluding steroid dienone is 2. The van der Waals surface area contributed by atoms with E-state index >= 15 is 0 Å². The van der Waals surface area contributed by atoms with Crippen molar-refractivity contribution in [3.05, 3.63) is 12.2 Å². The second kappa shape index (κ2) is 44.5. The number of hydrogen-bond acceptors (Lipinski definition) is 6. The van der Waals surface area contributed by atoms with Crippen molar-refractivity contribution in [2.75, 3.05) is 6.61 Å². The maximum absolute atomic E-state index is 13.6. The van der Waals surface area contributed by atoms with Crippen molar-refractivity contribution >= 4 is 17.5 Å². The van der Waals surface area contributed by atoms with E-state index < -0.39 is 35.8 Å². The Bertz CT molecular complexity index is 962. The highest BCUT2D eigenvalue weighted by atomic mass is 16.6. The maximum atomic E-state index is 13.6. The van der Waals surface area contributed by atoms with Gasteiger partial charge in [-0.15, -0.1) is 0 Å². The quantitative estimate of drug-likeness (QED) is 0.0360. The smallest absolute Gasteiger partial charge is 0.306 e. The number of ether oxygens (including phenoxy) is 1. The van der Waals surface area contributed by atoms with Crippen molar-refractivity contribution in [3.63, 3.8) is 0 Å². The molecule has 0 aliphatic rings. The first-order valence-electron chi connectivity index (χ1n) is 26.1.